The summed E-state index contributed by atoms with van der Waals surface area (Å²) in [5, 5.41) is 0. The second kappa shape index (κ2) is 8.96. The van der Waals surface area contributed by atoms with E-state index in [1.807, 2.05) is 6.07 Å². The van der Waals surface area contributed by atoms with Crippen LogP contribution in [0.15, 0.2) is 49.1 Å². The maximum atomic E-state index is 12.0. The van der Waals surface area contributed by atoms with Crippen molar-refractivity contribution in [3.63, 3.8) is 0 Å². The largest absolute Gasteiger partial charge is 0.527 e. The summed E-state index contributed by atoms with van der Waals surface area (Å²) in [5.41, 5.74) is 1.51. The number of nitrogens with one attached hydrogen (secondary N) is 1. The SMILES string of the molecule is C=CCOc1ccc(/C=C/c2nc3c(C(=O)OP(=O)(O)O)cccc3[nH]2)cc1OC. The number of H-pyrrole nitrogens is 1. The fourth-order valence-corrected chi connectivity index (χ4v) is 3.00. The minimum Gasteiger partial charge on any atom is -0.493 e. The summed E-state index contributed by atoms with van der Waals surface area (Å²) in [6, 6.07) is 10.0. The molecule has 3 N–H and O–H groups in total. The Hall–Kier alpha value is -3.39. The molecule has 0 fully saturated rings. The minimum atomic E-state index is -4.96. The third kappa shape index (κ3) is 5.15. The molecule has 3 rings (SSSR count). The van der Waals surface area contributed by atoms with E-state index in [9.17, 15) is 9.36 Å². The lowest BCUT2D eigenvalue weighted by Crippen LogP contribution is -2.03. The van der Waals surface area contributed by atoms with Gasteiger partial charge in [-0.2, -0.15) is 0 Å². The first-order valence-electron chi connectivity index (χ1n) is 8.69. The van der Waals surface area contributed by atoms with Crippen LogP contribution in [0.4, 0.5) is 0 Å². The highest BCUT2D eigenvalue weighted by Crippen LogP contribution is 2.37. The molecule has 0 bridgehead atoms. The second-order valence-electron chi connectivity index (χ2n) is 6.04. The Bertz CT molecular complexity index is 1160. The van der Waals surface area contributed by atoms with Crippen LogP contribution in [-0.2, 0) is 9.09 Å². The van der Waals surface area contributed by atoms with Crippen molar-refractivity contribution in [2.75, 3.05) is 13.7 Å². The van der Waals surface area contributed by atoms with Crippen molar-refractivity contribution in [1.29, 1.82) is 0 Å². The van der Waals surface area contributed by atoms with E-state index in [1.165, 1.54) is 6.07 Å². The number of imidazole rings is 1. The van der Waals surface area contributed by atoms with Gasteiger partial charge in [0.15, 0.2) is 11.5 Å². The molecule has 156 valence electrons. The Morgan fingerprint density at radius 1 is 1.23 bits per heavy atom. The van der Waals surface area contributed by atoms with Gasteiger partial charge in [-0.05, 0) is 35.9 Å². The van der Waals surface area contributed by atoms with Gasteiger partial charge < -0.3 is 19.0 Å². The standard InChI is InChI=1S/C20H19N2O7P/c1-3-11-28-16-9-7-13(12-17(16)27-2)8-10-18-21-15-6-4-5-14(19(15)22-18)20(23)29-30(24,25)26/h3-10,12H,1,11H2,2H3,(H,21,22)(H2,24,25,26)/b10-8+. The number of rotatable bonds is 8. The summed E-state index contributed by atoms with van der Waals surface area (Å²) >= 11 is 0. The molecule has 10 heteroatoms. The van der Waals surface area contributed by atoms with E-state index in [-0.39, 0.29) is 11.1 Å². The molecule has 0 saturated carbocycles. The summed E-state index contributed by atoms with van der Waals surface area (Å²) in [7, 11) is -3.42. The lowest BCUT2D eigenvalue weighted by atomic mass is 10.2. The van der Waals surface area contributed by atoms with Gasteiger partial charge in [-0.3, -0.25) is 9.79 Å². The first-order chi connectivity index (χ1) is 14.3. The maximum Gasteiger partial charge on any atom is 0.527 e. The topological polar surface area (TPSA) is 131 Å². The Morgan fingerprint density at radius 3 is 2.73 bits per heavy atom. The number of aromatic nitrogens is 2. The Morgan fingerprint density at radius 2 is 2.03 bits per heavy atom. The molecule has 9 nitrogen and oxygen atoms in total. The fourth-order valence-electron chi connectivity index (χ4n) is 2.68. The molecule has 1 heterocycles. The first kappa shape index (κ1) is 21.3. The van der Waals surface area contributed by atoms with Crippen LogP contribution in [0.2, 0.25) is 0 Å². The van der Waals surface area contributed by atoms with Gasteiger partial charge in [-0.25, -0.2) is 14.3 Å². The Kier molecular flexibility index (Phi) is 6.37. The van der Waals surface area contributed by atoms with E-state index in [0.717, 1.165) is 5.56 Å². The summed E-state index contributed by atoms with van der Waals surface area (Å²) < 4.78 is 26.0. The second-order valence-corrected chi connectivity index (χ2v) is 7.20. The summed E-state index contributed by atoms with van der Waals surface area (Å²) in [6.07, 6.45) is 5.11. The molecule has 0 radical (unpaired) electrons. The lowest BCUT2D eigenvalue weighted by molar-refractivity contribution is 0.0680. The zero-order valence-corrected chi connectivity index (χ0v) is 16.8. The van der Waals surface area contributed by atoms with Crippen molar-refractivity contribution >= 4 is 37.0 Å². The molecule has 0 aliphatic carbocycles. The van der Waals surface area contributed by atoms with E-state index >= 15 is 0 Å². The highest BCUT2D eigenvalue weighted by atomic mass is 31.2. The van der Waals surface area contributed by atoms with Crippen LogP contribution < -0.4 is 9.47 Å². The van der Waals surface area contributed by atoms with E-state index in [4.69, 9.17) is 19.3 Å². The van der Waals surface area contributed by atoms with Gasteiger partial charge in [0.05, 0.1) is 18.2 Å². The Balaban J connectivity index is 1.87. The zero-order valence-electron chi connectivity index (χ0n) is 15.9. The quantitative estimate of drug-likeness (QED) is 0.365. The number of carbonyl (C=O) groups excluding carboxylic acids is 1. The average Bonchev–Trinajstić information content (AvgIpc) is 3.12. The van der Waals surface area contributed by atoms with Crippen LogP contribution in [0.25, 0.3) is 23.2 Å². The molecule has 1 aromatic heterocycles. The molecule has 2 aromatic carbocycles. The van der Waals surface area contributed by atoms with Crippen molar-refractivity contribution in [3.05, 3.63) is 66.0 Å². The minimum absolute atomic E-state index is 0.0582. The lowest BCUT2D eigenvalue weighted by Gasteiger charge is -2.09. The summed E-state index contributed by atoms with van der Waals surface area (Å²) in [4.78, 5) is 37.1. The van der Waals surface area contributed by atoms with Crippen molar-refractivity contribution in [3.8, 4) is 11.5 Å². The number of ether oxygens (including phenoxy) is 2. The van der Waals surface area contributed by atoms with Crippen LogP contribution in [0.1, 0.15) is 21.7 Å². The number of para-hydroxylation sites is 1. The smallest absolute Gasteiger partial charge is 0.493 e. The van der Waals surface area contributed by atoms with Gasteiger partial charge in [-0.15, -0.1) is 0 Å². The highest BCUT2D eigenvalue weighted by molar-refractivity contribution is 7.46. The zero-order chi connectivity index (χ0) is 21.7. The third-order valence-electron chi connectivity index (χ3n) is 3.93. The van der Waals surface area contributed by atoms with E-state index in [0.29, 0.717) is 29.4 Å². The van der Waals surface area contributed by atoms with E-state index < -0.39 is 13.8 Å². The van der Waals surface area contributed by atoms with E-state index in [1.54, 1.807) is 49.6 Å². The number of hydrogen-bond acceptors (Lipinski definition) is 6. The van der Waals surface area contributed by atoms with Crippen LogP contribution >= 0.6 is 7.82 Å². The molecule has 0 saturated heterocycles. The number of benzene rings is 2. The number of fused-ring (bicyclic) bond motifs is 1. The molecular formula is C20H19N2O7P. The maximum absolute atomic E-state index is 12.0. The number of nitrogens with zero attached hydrogens (tertiary/aromatic N) is 1. The van der Waals surface area contributed by atoms with Crippen molar-refractivity contribution < 1.29 is 33.1 Å². The third-order valence-corrected chi connectivity index (χ3v) is 4.33. The van der Waals surface area contributed by atoms with Gasteiger partial charge in [0.25, 0.3) is 0 Å². The van der Waals surface area contributed by atoms with Crippen LogP contribution in [-0.4, -0.2) is 39.4 Å². The van der Waals surface area contributed by atoms with Gasteiger partial charge in [0.1, 0.15) is 17.9 Å². The normalized spacial score (nSPS) is 11.6. The number of phosphoric ester groups is 1. The predicted octanol–water partition coefficient (Wildman–Crippen LogP) is 3.56. The molecule has 0 aliphatic heterocycles. The number of phosphoric acid groups is 1. The fraction of sp³-hybridized carbons (Fsp3) is 0.100. The van der Waals surface area contributed by atoms with Crippen molar-refractivity contribution in [2.45, 2.75) is 0 Å². The van der Waals surface area contributed by atoms with Crippen LogP contribution in [0.5, 0.6) is 11.5 Å². The summed E-state index contributed by atoms with van der Waals surface area (Å²) in [6.45, 7) is 3.97. The Labute approximate surface area is 171 Å². The van der Waals surface area contributed by atoms with Crippen molar-refractivity contribution in [1.82, 2.24) is 9.97 Å². The van der Waals surface area contributed by atoms with Crippen LogP contribution in [0, 0.1) is 0 Å². The van der Waals surface area contributed by atoms with Gasteiger partial charge >= 0.3 is 13.8 Å². The molecule has 0 amide bonds. The van der Waals surface area contributed by atoms with Crippen molar-refractivity contribution in [2.24, 2.45) is 0 Å². The van der Waals surface area contributed by atoms with E-state index in [2.05, 4.69) is 21.1 Å². The predicted molar refractivity (Wildman–Crippen MR) is 111 cm³/mol. The molecule has 3 aromatic rings. The molecule has 0 unspecified atom stereocenters. The molecule has 0 aliphatic rings. The molecule has 0 spiro atoms. The molecular weight excluding hydrogens is 411 g/mol. The number of hydrogen-bond donors (Lipinski definition) is 3. The van der Waals surface area contributed by atoms with Gasteiger partial charge in [-0.1, -0.05) is 30.9 Å². The summed E-state index contributed by atoms with van der Waals surface area (Å²) in [5.74, 6) is 0.431. The number of methoxy groups -OCH3 is 1. The first-order valence-corrected chi connectivity index (χ1v) is 10.2. The molecule has 0 atom stereocenters. The van der Waals surface area contributed by atoms with Crippen LogP contribution in [0.3, 0.4) is 0 Å². The number of aromatic amines is 1. The van der Waals surface area contributed by atoms with Gasteiger partial charge in [0.2, 0.25) is 0 Å². The highest BCUT2D eigenvalue weighted by Gasteiger charge is 2.24. The average molecular weight is 430 g/mol. The number of carbonyl (C=O) groups is 1. The molecule has 30 heavy (non-hydrogen) atoms. The monoisotopic (exact) mass is 430 g/mol. The van der Waals surface area contributed by atoms with Gasteiger partial charge in [0, 0.05) is 0 Å².